The maximum Gasteiger partial charge on any atom is 0.293 e. The minimum atomic E-state index is -3.66. The van der Waals surface area contributed by atoms with Gasteiger partial charge in [0.05, 0.1) is 0 Å². The van der Waals surface area contributed by atoms with Gasteiger partial charge in [-0.3, -0.25) is 0 Å². The molecule has 1 saturated carbocycles. The molecule has 1 N–H and O–H groups in total. The zero-order valence-corrected chi connectivity index (χ0v) is 13.8. The van der Waals surface area contributed by atoms with Crippen LogP contribution in [0, 0.1) is 0 Å². The van der Waals surface area contributed by atoms with Crippen molar-refractivity contribution in [3.05, 3.63) is 41.4 Å². The zero-order chi connectivity index (χ0) is 16.7. The van der Waals surface area contributed by atoms with Crippen molar-refractivity contribution in [2.75, 3.05) is 0 Å². The number of halogens is 1. The van der Waals surface area contributed by atoms with Gasteiger partial charge >= 0.3 is 0 Å². The smallest absolute Gasteiger partial charge is 0.293 e. The van der Waals surface area contributed by atoms with E-state index in [1.807, 2.05) is 0 Å². The normalized spacial score (nSPS) is 14.9. The highest BCUT2D eigenvalue weighted by Crippen LogP contribution is 2.28. The molecular formula is C15H12ClN3O4S. The molecular weight excluding hydrogens is 354 g/mol. The number of hydrogen-bond donors (Lipinski definition) is 1. The summed E-state index contributed by atoms with van der Waals surface area (Å²) in [4.78, 5) is 4.22. The third-order valence-electron chi connectivity index (χ3n) is 3.48. The van der Waals surface area contributed by atoms with Crippen molar-refractivity contribution in [1.82, 2.24) is 14.9 Å². The molecule has 0 saturated heterocycles. The monoisotopic (exact) mass is 365 g/mol. The largest absolute Gasteiger partial charge is 0.438 e. The summed E-state index contributed by atoms with van der Waals surface area (Å²) >= 11 is 5.84. The molecule has 1 aliphatic carbocycles. The lowest BCUT2D eigenvalue weighted by atomic mass is 10.2. The molecule has 2 heterocycles. The van der Waals surface area contributed by atoms with Crippen LogP contribution in [0.2, 0.25) is 5.02 Å². The third kappa shape index (κ3) is 3.08. The molecule has 1 fully saturated rings. The molecule has 24 heavy (non-hydrogen) atoms. The van der Waals surface area contributed by atoms with Gasteiger partial charge in [0, 0.05) is 16.6 Å². The lowest BCUT2D eigenvalue weighted by molar-refractivity contribution is 0.398. The van der Waals surface area contributed by atoms with Crippen molar-refractivity contribution < 1.29 is 17.4 Å². The number of rotatable bonds is 5. The molecule has 0 atom stereocenters. The van der Waals surface area contributed by atoms with Crippen molar-refractivity contribution in [1.29, 1.82) is 0 Å². The average Bonchev–Trinajstić information content (AvgIpc) is 3.06. The third-order valence-corrected chi connectivity index (χ3v) is 5.13. The Morgan fingerprint density at radius 2 is 1.88 bits per heavy atom. The quantitative estimate of drug-likeness (QED) is 0.746. The Kier molecular flexibility index (Phi) is 3.67. The fraction of sp³-hybridized carbons (Fsp3) is 0.200. The Labute approximate surface area is 142 Å². The van der Waals surface area contributed by atoms with Gasteiger partial charge in [0.15, 0.2) is 5.76 Å². The number of sulfonamides is 1. The summed E-state index contributed by atoms with van der Waals surface area (Å²) in [5, 5.41) is 4.30. The van der Waals surface area contributed by atoms with Gasteiger partial charge in [-0.05, 0) is 49.2 Å². The summed E-state index contributed by atoms with van der Waals surface area (Å²) < 4.78 is 37.3. The predicted molar refractivity (Wildman–Crippen MR) is 85.8 cm³/mol. The van der Waals surface area contributed by atoms with Crippen molar-refractivity contribution in [3.63, 3.8) is 0 Å². The number of furan rings is 1. The highest BCUT2D eigenvalue weighted by Gasteiger charge is 2.30. The maximum atomic E-state index is 12.1. The second kappa shape index (κ2) is 5.73. The summed E-state index contributed by atoms with van der Waals surface area (Å²) in [5.74, 6) is 0.658. The van der Waals surface area contributed by atoms with E-state index in [9.17, 15) is 8.42 Å². The van der Waals surface area contributed by atoms with Crippen LogP contribution in [0.15, 0.2) is 50.4 Å². The van der Waals surface area contributed by atoms with E-state index in [2.05, 4.69) is 14.9 Å². The van der Waals surface area contributed by atoms with Crippen molar-refractivity contribution in [2.45, 2.75) is 24.0 Å². The fourth-order valence-electron chi connectivity index (χ4n) is 2.10. The topological polar surface area (TPSA) is 98.2 Å². The first-order valence-corrected chi connectivity index (χ1v) is 9.09. The predicted octanol–water partition coefficient (Wildman–Crippen LogP) is 3.09. The van der Waals surface area contributed by atoms with E-state index >= 15 is 0 Å². The molecule has 7 nitrogen and oxygen atoms in total. The molecule has 124 valence electrons. The van der Waals surface area contributed by atoms with Crippen LogP contribution in [0.5, 0.6) is 0 Å². The maximum absolute atomic E-state index is 12.1. The second-order valence-corrected chi connectivity index (χ2v) is 7.53. The number of benzene rings is 1. The summed E-state index contributed by atoms with van der Waals surface area (Å²) in [6.07, 6.45) is 1.70. The lowest BCUT2D eigenvalue weighted by Gasteiger charge is -2.00. The first-order valence-electron chi connectivity index (χ1n) is 7.23. The van der Waals surface area contributed by atoms with Crippen LogP contribution in [0.25, 0.3) is 23.0 Å². The second-order valence-electron chi connectivity index (χ2n) is 5.44. The highest BCUT2D eigenvalue weighted by molar-refractivity contribution is 7.89. The molecule has 0 unspecified atom stereocenters. The molecule has 9 heteroatoms. The molecule has 0 spiro atoms. The van der Waals surface area contributed by atoms with E-state index in [1.54, 1.807) is 24.3 Å². The number of aromatic nitrogens is 2. The van der Waals surface area contributed by atoms with Crippen molar-refractivity contribution in [2.24, 2.45) is 0 Å². The Bertz CT molecular complexity index is 974. The number of nitrogens with one attached hydrogen (secondary N) is 1. The molecule has 0 aliphatic heterocycles. The van der Waals surface area contributed by atoms with Crippen molar-refractivity contribution >= 4 is 21.6 Å². The average molecular weight is 366 g/mol. The SMILES string of the molecule is O=S(=O)(NC1CC1)c1ccc(-c2nc(-c3ccc(Cl)cc3)no2)o1. The van der Waals surface area contributed by atoms with E-state index in [0.717, 1.165) is 18.4 Å². The molecule has 2 aromatic heterocycles. The van der Waals surface area contributed by atoms with Crippen molar-refractivity contribution in [3.8, 4) is 23.0 Å². The first-order chi connectivity index (χ1) is 11.5. The minimum absolute atomic E-state index is 0.00321. The minimum Gasteiger partial charge on any atom is -0.438 e. The molecule has 4 rings (SSSR count). The van der Waals surface area contributed by atoms with Crippen LogP contribution >= 0.6 is 11.6 Å². The highest BCUT2D eigenvalue weighted by atomic mass is 35.5. The van der Waals surface area contributed by atoms with Crippen LogP contribution in [-0.4, -0.2) is 24.6 Å². The Hall–Kier alpha value is -2.16. The Balaban J connectivity index is 1.60. The molecule has 3 aromatic rings. The van der Waals surface area contributed by atoms with E-state index in [1.165, 1.54) is 12.1 Å². The van der Waals surface area contributed by atoms with Crippen LogP contribution in [0.3, 0.4) is 0 Å². The van der Waals surface area contributed by atoms with Crippen LogP contribution in [-0.2, 0) is 10.0 Å². The number of nitrogens with zero attached hydrogens (tertiary/aromatic N) is 2. The Morgan fingerprint density at radius 1 is 1.12 bits per heavy atom. The fourth-order valence-corrected chi connectivity index (χ4v) is 3.46. The summed E-state index contributed by atoms with van der Waals surface area (Å²) in [7, 11) is -3.66. The van der Waals surface area contributed by atoms with Gasteiger partial charge in [-0.1, -0.05) is 16.8 Å². The summed E-state index contributed by atoms with van der Waals surface area (Å²) in [6.45, 7) is 0. The van der Waals surface area contributed by atoms with E-state index < -0.39 is 10.0 Å². The lowest BCUT2D eigenvalue weighted by Crippen LogP contribution is -2.25. The van der Waals surface area contributed by atoms with Gasteiger partial charge in [-0.2, -0.15) is 4.98 Å². The molecule has 0 bridgehead atoms. The van der Waals surface area contributed by atoms with Gasteiger partial charge in [0.25, 0.3) is 15.9 Å². The zero-order valence-electron chi connectivity index (χ0n) is 12.3. The van der Waals surface area contributed by atoms with Gasteiger partial charge in [-0.25, -0.2) is 13.1 Å². The van der Waals surface area contributed by atoms with Crippen LogP contribution in [0.1, 0.15) is 12.8 Å². The van der Waals surface area contributed by atoms with Gasteiger partial charge in [0.2, 0.25) is 10.9 Å². The molecule has 0 amide bonds. The van der Waals surface area contributed by atoms with Gasteiger partial charge < -0.3 is 8.94 Å². The van der Waals surface area contributed by atoms with Crippen LogP contribution < -0.4 is 4.72 Å². The molecule has 0 radical (unpaired) electrons. The summed E-state index contributed by atoms with van der Waals surface area (Å²) in [5.41, 5.74) is 0.726. The standard InChI is InChI=1S/C15H12ClN3O4S/c16-10-3-1-9(2-4-10)14-17-15(23-18-14)12-7-8-13(22-12)24(20,21)19-11-5-6-11/h1-4,7-8,11,19H,5-6H2. The summed E-state index contributed by atoms with van der Waals surface area (Å²) in [6, 6.07) is 9.81. The number of hydrogen-bond acceptors (Lipinski definition) is 6. The van der Waals surface area contributed by atoms with Crippen LogP contribution in [0.4, 0.5) is 0 Å². The van der Waals surface area contributed by atoms with Gasteiger partial charge in [-0.15, -0.1) is 0 Å². The van der Waals surface area contributed by atoms with E-state index in [0.29, 0.717) is 10.8 Å². The van der Waals surface area contributed by atoms with Gasteiger partial charge in [0.1, 0.15) is 0 Å². The first kappa shape index (κ1) is 15.4. The molecule has 1 aliphatic rings. The Morgan fingerprint density at radius 3 is 2.58 bits per heavy atom. The van der Waals surface area contributed by atoms with E-state index in [-0.39, 0.29) is 22.8 Å². The van der Waals surface area contributed by atoms with E-state index in [4.69, 9.17) is 20.5 Å². The molecule has 1 aromatic carbocycles.